The van der Waals surface area contributed by atoms with Crippen molar-refractivity contribution in [2.75, 3.05) is 13.1 Å². The molecule has 120 valence electrons. The molecule has 0 spiro atoms. The van der Waals surface area contributed by atoms with Crippen molar-refractivity contribution in [3.63, 3.8) is 0 Å². The van der Waals surface area contributed by atoms with Gasteiger partial charge in [0, 0.05) is 12.1 Å². The number of hydrogen-bond donors (Lipinski definition) is 1. The monoisotopic (exact) mass is 291 g/mol. The zero-order valence-electron chi connectivity index (χ0n) is 14.2. The predicted octanol–water partition coefficient (Wildman–Crippen LogP) is 3.70. The number of nitrogens with zero attached hydrogens (tertiary/aromatic N) is 2. The Bertz CT molecular complexity index is 352. The highest BCUT2D eigenvalue weighted by molar-refractivity contribution is 5.06. The van der Waals surface area contributed by atoms with E-state index in [0.29, 0.717) is 6.04 Å². The predicted molar refractivity (Wildman–Crippen MR) is 88.1 cm³/mol. The molecule has 2 fully saturated rings. The molecule has 1 unspecified atom stereocenters. The molecule has 1 atom stereocenters. The molecule has 0 saturated heterocycles. The molecule has 21 heavy (non-hydrogen) atoms. The van der Waals surface area contributed by atoms with E-state index in [4.69, 9.17) is 0 Å². The molecule has 0 aliphatic heterocycles. The SMILES string of the molecule is CC(C)CCN(CCCCC(C)(C#N)NC1CC1)C1CC1. The van der Waals surface area contributed by atoms with Crippen molar-refractivity contribution in [2.45, 2.75) is 89.8 Å². The van der Waals surface area contributed by atoms with E-state index >= 15 is 0 Å². The van der Waals surface area contributed by atoms with Gasteiger partial charge in [-0.2, -0.15) is 5.26 Å². The van der Waals surface area contributed by atoms with Gasteiger partial charge in [-0.25, -0.2) is 0 Å². The lowest BCUT2D eigenvalue weighted by Gasteiger charge is -2.25. The average molecular weight is 291 g/mol. The molecule has 0 heterocycles. The van der Waals surface area contributed by atoms with Crippen molar-refractivity contribution in [3.05, 3.63) is 0 Å². The molecule has 0 amide bonds. The average Bonchev–Trinajstić information content (AvgIpc) is 3.31. The van der Waals surface area contributed by atoms with Gasteiger partial charge in [0.25, 0.3) is 0 Å². The number of nitrogens with one attached hydrogen (secondary N) is 1. The summed E-state index contributed by atoms with van der Waals surface area (Å²) in [5.74, 6) is 0.802. The fraction of sp³-hybridized carbons (Fsp3) is 0.944. The van der Waals surface area contributed by atoms with Crippen LogP contribution in [0.15, 0.2) is 0 Å². The van der Waals surface area contributed by atoms with Crippen LogP contribution in [-0.4, -0.2) is 35.6 Å². The third-order valence-electron chi connectivity index (χ3n) is 4.78. The summed E-state index contributed by atoms with van der Waals surface area (Å²) in [7, 11) is 0. The van der Waals surface area contributed by atoms with Crippen LogP contribution >= 0.6 is 0 Å². The Balaban J connectivity index is 1.63. The minimum absolute atomic E-state index is 0.302. The van der Waals surface area contributed by atoms with E-state index < -0.39 is 0 Å². The summed E-state index contributed by atoms with van der Waals surface area (Å²) in [4.78, 5) is 2.69. The smallest absolute Gasteiger partial charge is 0.104 e. The maximum absolute atomic E-state index is 9.39. The fourth-order valence-corrected chi connectivity index (χ4v) is 2.97. The van der Waals surface area contributed by atoms with Crippen LogP contribution in [0, 0.1) is 17.2 Å². The Kier molecular flexibility index (Phi) is 6.08. The van der Waals surface area contributed by atoms with Gasteiger partial charge in [0.15, 0.2) is 0 Å². The van der Waals surface area contributed by atoms with Gasteiger partial charge in [-0.1, -0.05) is 13.8 Å². The van der Waals surface area contributed by atoms with Crippen LogP contribution in [0.4, 0.5) is 0 Å². The zero-order valence-corrected chi connectivity index (χ0v) is 14.2. The maximum atomic E-state index is 9.39. The van der Waals surface area contributed by atoms with Crippen LogP contribution in [0.2, 0.25) is 0 Å². The van der Waals surface area contributed by atoms with E-state index in [1.165, 1.54) is 51.6 Å². The third-order valence-corrected chi connectivity index (χ3v) is 4.78. The Labute approximate surface area is 131 Å². The lowest BCUT2D eigenvalue weighted by atomic mass is 9.96. The number of unbranched alkanes of at least 4 members (excludes halogenated alkanes) is 1. The van der Waals surface area contributed by atoms with Crippen molar-refractivity contribution in [1.29, 1.82) is 5.26 Å². The second kappa shape index (κ2) is 7.61. The van der Waals surface area contributed by atoms with E-state index in [9.17, 15) is 5.26 Å². The van der Waals surface area contributed by atoms with Crippen LogP contribution < -0.4 is 5.32 Å². The van der Waals surface area contributed by atoms with Crippen LogP contribution in [-0.2, 0) is 0 Å². The first kappa shape index (κ1) is 16.8. The Morgan fingerprint density at radius 3 is 2.43 bits per heavy atom. The highest BCUT2D eigenvalue weighted by Gasteiger charge is 2.32. The summed E-state index contributed by atoms with van der Waals surface area (Å²) in [6, 6.07) is 3.97. The molecule has 3 nitrogen and oxygen atoms in total. The fourth-order valence-electron chi connectivity index (χ4n) is 2.97. The number of hydrogen-bond acceptors (Lipinski definition) is 3. The molecule has 0 aromatic carbocycles. The third kappa shape index (κ3) is 6.36. The highest BCUT2D eigenvalue weighted by atomic mass is 15.2. The lowest BCUT2D eigenvalue weighted by molar-refractivity contribution is 0.239. The minimum atomic E-state index is -0.302. The van der Waals surface area contributed by atoms with Crippen molar-refractivity contribution in [1.82, 2.24) is 10.2 Å². The van der Waals surface area contributed by atoms with Crippen molar-refractivity contribution in [2.24, 2.45) is 5.92 Å². The van der Waals surface area contributed by atoms with Crippen molar-refractivity contribution in [3.8, 4) is 6.07 Å². The molecule has 0 aromatic rings. The Morgan fingerprint density at radius 2 is 1.90 bits per heavy atom. The van der Waals surface area contributed by atoms with Gasteiger partial charge in [0.2, 0.25) is 0 Å². The maximum Gasteiger partial charge on any atom is 0.104 e. The van der Waals surface area contributed by atoms with E-state index in [2.05, 4.69) is 37.1 Å². The van der Waals surface area contributed by atoms with Gasteiger partial charge in [-0.3, -0.25) is 5.32 Å². The number of nitriles is 1. The van der Waals surface area contributed by atoms with E-state index in [0.717, 1.165) is 24.8 Å². The summed E-state index contributed by atoms with van der Waals surface area (Å²) in [6.45, 7) is 9.18. The largest absolute Gasteiger partial charge is 0.300 e. The molecule has 2 aliphatic rings. The van der Waals surface area contributed by atoms with Crippen LogP contribution in [0.25, 0.3) is 0 Å². The van der Waals surface area contributed by atoms with Gasteiger partial charge in [0.05, 0.1) is 6.07 Å². The summed E-state index contributed by atoms with van der Waals surface area (Å²) in [6.07, 6.45) is 10.0. The lowest BCUT2D eigenvalue weighted by Crippen LogP contribution is -2.42. The standard InChI is InChI=1S/C18H33N3/c1-15(2)10-13-21(17-8-9-17)12-5-4-11-18(3,14-19)20-16-6-7-16/h15-17,20H,4-13H2,1-3H3. The molecule has 2 aliphatic carbocycles. The van der Waals surface area contributed by atoms with Crippen molar-refractivity contribution >= 4 is 0 Å². The van der Waals surface area contributed by atoms with E-state index in [-0.39, 0.29) is 5.54 Å². The summed E-state index contributed by atoms with van der Waals surface area (Å²) < 4.78 is 0. The molecule has 0 aromatic heterocycles. The summed E-state index contributed by atoms with van der Waals surface area (Å²) in [5, 5.41) is 12.9. The highest BCUT2D eigenvalue weighted by Crippen LogP contribution is 2.28. The quantitative estimate of drug-likeness (QED) is 0.590. The van der Waals surface area contributed by atoms with Crippen LogP contribution in [0.1, 0.15) is 72.1 Å². The molecule has 0 bridgehead atoms. The molecule has 1 N–H and O–H groups in total. The first-order chi connectivity index (χ1) is 10.0. The minimum Gasteiger partial charge on any atom is -0.300 e. The van der Waals surface area contributed by atoms with E-state index in [1.807, 2.05) is 0 Å². The Hall–Kier alpha value is -0.590. The van der Waals surface area contributed by atoms with Gasteiger partial charge >= 0.3 is 0 Å². The van der Waals surface area contributed by atoms with E-state index in [1.54, 1.807) is 0 Å². The van der Waals surface area contributed by atoms with Crippen LogP contribution in [0.5, 0.6) is 0 Å². The molecule has 3 heteroatoms. The van der Waals surface area contributed by atoms with Gasteiger partial charge < -0.3 is 4.90 Å². The molecule has 0 radical (unpaired) electrons. The molecular formula is C18H33N3. The Morgan fingerprint density at radius 1 is 1.19 bits per heavy atom. The topological polar surface area (TPSA) is 39.1 Å². The molecule has 2 saturated carbocycles. The summed E-state index contributed by atoms with van der Waals surface area (Å²) >= 11 is 0. The van der Waals surface area contributed by atoms with Gasteiger partial charge in [0.1, 0.15) is 5.54 Å². The normalized spacial score (nSPS) is 21.5. The molecule has 2 rings (SSSR count). The first-order valence-corrected chi connectivity index (χ1v) is 8.95. The number of rotatable bonds is 11. The van der Waals surface area contributed by atoms with Gasteiger partial charge in [-0.15, -0.1) is 0 Å². The zero-order chi connectivity index (χ0) is 15.3. The van der Waals surface area contributed by atoms with Crippen LogP contribution in [0.3, 0.4) is 0 Å². The second-order valence-electron chi connectivity index (χ2n) is 7.77. The second-order valence-corrected chi connectivity index (χ2v) is 7.77. The summed E-state index contributed by atoms with van der Waals surface area (Å²) in [5.41, 5.74) is -0.302. The van der Waals surface area contributed by atoms with Crippen molar-refractivity contribution < 1.29 is 0 Å². The first-order valence-electron chi connectivity index (χ1n) is 8.95. The van der Waals surface area contributed by atoms with Gasteiger partial charge in [-0.05, 0) is 77.3 Å². The molecular weight excluding hydrogens is 258 g/mol.